The summed E-state index contributed by atoms with van der Waals surface area (Å²) < 4.78 is 1.61. The number of nitrogens with zero attached hydrogens (tertiary/aromatic N) is 2. The molecule has 0 atom stereocenters. The smallest absolute Gasteiger partial charge is 0.293 e. The van der Waals surface area contributed by atoms with Crippen LogP contribution in [0.5, 0.6) is 0 Å². The first-order chi connectivity index (χ1) is 6.96. The molecule has 84 valence electrons. The Morgan fingerprint density at radius 3 is 2.73 bits per heavy atom. The number of rotatable bonds is 3. The van der Waals surface area contributed by atoms with Gasteiger partial charge in [-0.05, 0) is 20.8 Å². The maximum absolute atomic E-state index is 11.9. The third-order valence-corrected chi connectivity index (χ3v) is 1.97. The van der Waals surface area contributed by atoms with E-state index in [1.807, 2.05) is 20.8 Å². The van der Waals surface area contributed by atoms with Crippen LogP contribution < -0.4 is 10.9 Å². The van der Waals surface area contributed by atoms with Crippen molar-refractivity contribution in [3.8, 4) is 0 Å². The first kappa shape index (κ1) is 11.7. The Kier molecular flexibility index (Phi) is 3.47. The van der Waals surface area contributed by atoms with Crippen LogP contribution in [0.15, 0.2) is 17.2 Å². The molecular weight excluding hydrogens is 194 g/mol. The van der Waals surface area contributed by atoms with Gasteiger partial charge in [0.25, 0.3) is 5.56 Å². The van der Waals surface area contributed by atoms with Crippen LogP contribution in [0.2, 0.25) is 0 Å². The Balaban J connectivity index is 3.07. The van der Waals surface area contributed by atoms with E-state index in [2.05, 4.69) is 10.3 Å². The fourth-order valence-corrected chi connectivity index (χ4v) is 1.24. The summed E-state index contributed by atoms with van der Waals surface area (Å²) >= 11 is 0. The second-order valence-electron chi connectivity index (χ2n) is 4.27. The Bertz CT molecular complexity index is 379. The van der Waals surface area contributed by atoms with Crippen LogP contribution in [-0.4, -0.2) is 27.8 Å². The summed E-state index contributed by atoms with van der Waals surface area (Å²) in [5.74, 6) is 0.279. The van der Waals surface area contributed by atoms with Gasteiger partial charge in [0.2, 0.25) is 0 Å². The molecular formula is C10H17N3O2. The van der Waals surface area contributed by atoms with Crippen molar-refractivity contribution in [3.63, 3.8) is 0 Å². The predicted octanol–water partition coefficient (Wildman–Crippen LogP) is 0.402. The average molecular weight is 211 g/mol. The molecule has 0 radical (unpaired) electrons. The SMILES string of the molecule is CC(C)(C)n1ccnc(NCCO)c1=O. The van der Waals surface area contributed by atoms with Crippen LogP contribution in [0.3, 0.4) is 0 Å². The number of aliphatic hydroxyl groups is 1. The Hall–Kier alpha value is -1.36. The fourth-order valence-electron chi connectivity index (χ4n) is 1.24. The van der Waals surface area contributed by atoms with Crippen molar-refractivity contribution in [2.75, 3.05) is 18.5 Å². The molecule has 0 unspecified atom stereocenters. The molecule has 0 aliphatic heterocycles. The molecule has 1 aromatic heterocycles. The predicted molar refractivity (Wildman–Crippen MR) is 59.1 cm³/mol. The molecule has 1 aromatic rings. The molecule has 0 aliphatic carbocycles. The third-order valence-electron chi connectivity index (χ3n) is 1.97. The van der Waals surface area contributed by atoms with Gasteiger partial charge < -0.3 is 15.0 Å². The summed E-state index contributed by atoms with van der Waals surface area (Å²) in [5, 5.41) is 11.4. The number of anilines is 1. The van der Waals surface area contributed by atoms with Crippen LogP contribution in [0.25, 0.3) is 0 Å². The van der Waals surface area contributed by atoms with Gasteiger partial charge in [-0.2, -0.15) is 0 Å². The Morgan fingerprint density at radius 2 is 2.20 bits per heavy atom. The van der Waals surface area contributed by atoms with Crippen molar-refractivity contribution in [1.29, 1.82) is 0 Å². The maximum atomic E-state index is 11.9. The highest BCUT2D eigenvalue weighted by Crippen LogP contribution is 2.10. The van der Waals surface area contributed by atoms with Gasteiger partial charge in [-0.25, -0.2) is 4.98 Å². The van der Waals surface area contributed by atoms with Crippen molar-refractivity contribution >= 4 is 5.82 Å². The van der Waals surface area contributed by atoms with E-state index in [0.29, 0.717) is 6.54 Å². The minimum Gasteiger partial charge on any atom is -0.395 e. The van der Waals surface area contributed by atoms with Gasteiger partial charge in [0.15, 0.2) is 5.82 Å². The zero-order valence-electron chi connectivity index (χ0n) is 9.32. The quantitative estimate of drug-likeness (QED) is 0.759. The minimum atomic E-state index is -0.268. The molecule has 0 saturated heterocycles. The number of hydrogen-bond acceptors (Lipinski definition) is 4. The summed E-state index contributed by atoms with van der Waals surface area (Å²) in [6, 6.07) is 0. The molecule has 5 heteroatoms. The van der Waals surface area contributed by atoms with E-state index in [4.69, 9.17) is 5.11 Å². The van der Waals surface area contributed by atoms with Gasteiger partial charge in [-0.3, -0.25) is 4.79 Å². The van der Waals surface area contributed by atoms with E-state index in [1.54, 1.807) is 17.0 Å². The van der Waals surface area contributed by atoms with E-state index in [9.17, 15) is 4.79 Å². The number of aliphatic hydroxyl groups excluding tert-OH is 1. The Labute approximate surface area is 88.8 Å². The van der Waals surface area contributed by atoms with Crippen molar-refractivity contribution in [2.45, 2.75) is 26.3 Å². The first-order valence-electron chi connectivity index (χ1n) is 4.89. The molecule has 0 aromatic carbocycles. The van der Waals surface area contributed by atoms with Gasteiger partial charge >= 0.3 is 0 Å². The van der Waals surface area contributed by atoms with Crippen molar-refractivity contribution in [2.24, 2.45) is 0 Å². The number of hydrogen-bond donors (Lipinski definition) is 2. The van der Waals surface area contributed by atoms with Gasteiger partial charge in [-0.1, -0.05) is 0 Å². The monoisotopic (exact) mass is 211 g/mol. The van der Waals surface area contributed by atoms with Crippen LogP contribution in [0, 0.1) is 0 Å². The Morgan fingerprint density at radius 1 is 1.53 bits per heavy atom. The second-order valence-corrected chi connectivity index (χ2v) is 4.27. The topological polar surface area (TPSA) is 67.2 Å². The molecule has 0 fully saturated rings. The molecule has 5 nitrogen and oxygen atoms in total. The van der Waals surface area contributed by atoms with Gasteiger partial charge in [-0.15, -0.1) is 0 Å². The highest BCUT2D eigenvalue weighted by molar-refractivity contribution is 5.30. The van der Waals surface area contributed by atoms with Crippen molar-refractivity contribution in [1.82, 2.24) is 9.55 Å². The molecule has 0 bridgehead atoms. The second kappa shape index (κ2) is 4.44. The molecule has 0 spiro atoms. The molecule has 1 rings (SSSR count). The highest BCUT2D eigenvalue weighted by Gasteiger charge is 2.16. The average Bonchev–Trinajstić information content (AvgIpc) is 2.14. The van der Waals surface area contributed by atoms with E-state index < -0.39 is 0 Å². The molecule has 0 amide bonds. The van der Waals surface area contributed by atoms with Crippen LogP contribution in [0.4, 0.5) is 5.82 Å². The van der Waals surface area contributed by atoms with Crippen LogP contribution in [0.1, 0.15) is 20.8 Å². The zero-order chi connectivity index (χ0) is 11.5. The minimum absolute atomic E-state index is 0.0223. The lowest BCUT2D eigenvalue weighted by molar-refractivity contribution is 0.310. The van der Waals surface area contributed by atoms with Crippen LogP contribution >= 0.6 is 0 Å². The lowest BCUT2D eigenvalue weighted by atomic mass is 10.1. The van der Waals surface area contributed by atoms with E-state index in [0.717, 1.165) is 0 Å². The molecule has 0 saturated carbocycles. The van der Waals surface area contributed by atoms with Crippen molar-refractivity contribution < 1.29 is 5.11 Å². The largest absolute Gasteiger partial charge is 0.395 e. The normalized spacial score (nSPS) is 11.5. The number of nitrogens with one attached hydrogen (secondary N) is 1. The zero-order valence-corrected chi connectivity index (χ0v) is 9.32. The third kappa shape index (κ3) is 2.79. The molecule has 15 heavy (non-hydrogen) atoms. The summed E-state index contributed by atoms with van der Waals surface area (Å²) in [6.07, 6.45) is 3.23. The van der Waals surface area contributed by atoms with Crippen LogP contribution in [-0.2, 0) is 5.54 Å². The van der Waals surface area contributed by atoms with Gasteiger partial charge in [0.05, 0.1) is 6.61 Å². The fraction of sp³-hybridized carbons (Fsp3) is 0.600. The summed E-state index contributed by atoms with van der Waals surface area (Å²) in [6.45, 7) is 6.15. The molecule has 2 N–H and O–H groups in total. The molecule has 1 heterocycles. The first-order valence-corrected chi connectivity index (χ1v) is 4.89. The van der Waals surface area contributed by atoms with Crippen molar-refractivity contribution in [3.05, 3.63) is 22.7 Å². The molecule has 0 aliphatic rings. The van der Waals surface area contributed by atoms with E-state index >= 15 is 0 Å². The van der Waals surface area contributed by atoms with E-state index in [-0.39, 0.29) is 23.5 Å². The van der Waals surface area contributed by atoms with Gasteiger partial charge in [0, 0.05) is 24.5 Å². The summed E-state index contributed by atoms with van der Waals surface area (Å²) in [4.78, 5) is 15.8. The highest BCUT2D eigenvalue weighted by atomic mass is 16.3. The standard InChI is InChI=1S/C10H17N3O2/c1-10(2,3)13-6-4-11-8(9(13)15)12-5-7-14/h4,6,14H,5,7H2,1-3H3,(H,11,12). The maximum Gasteiger partial charge on any atom is 0.293 e. The summed E-state index contributed by atoms with van der Waals surface area (Å²) in [5.41, 5.74) is -0.436. The van der Waals surface area contributed by atoms with E-state index in [1.165, 1.54) is 0 Å². The lowest BCUT2D eigenvalue weighted by Gasteiger charge is -2.22. The lowest BCUT2D eigenvalue weighted by Crippen LogP contribution is -2.35. The summed E-state index contributed by atoms with van der Waals surface area (Å²) in [7, 11) is 0. The van der Waals surface area contributed by atoms with Gasteiger partial charge in [0.1, 0.15) is 0 Å². The number of aromatic nitrogens is 2.